The summed E-state index contributed by atoms with van der Waals surface area (Å²) in [6, 6.07) is 15.9. The Morgan fingerprint density at radius 1 is 1.18 bits per heavy atom. The zero-order chi connectivity index (χ0) is 20.1. The molecule has 3 heteroatoms. The van der Waals surface area contributed by atoms with Gasteiger partial charge in [-0.3, -0.25) is 9.59 Å². The van der Waals surface area contributed by atoms with Crippen LogP contribution >= 0.6 is 11.6 Å². The number of Topliss-reactive ketones (excluding diaryl/α,β-unsaturated/α-hetero) is 1. The molecule has 1 fully saturated rings. The Hall–Kier alpha value is -2.19. The van der Waals surface area contributed by atoms with Crippen molar-refractivity contribution in [2.24, 2.45) is 5.41 Å². The largest absolute Gasteiger partial charge is 0.299 e. The van der Waals surface area contributed by atoms with Gasteiger partial charge in [-0.25, -0.2) is 0 Å². The van der Waals surface area contributed by atoms with Crippen molar-refractivity contribution in [1.82, 2.24) is 0 Å². The Kier molecular flexibility index (Phi) is 6.51. The van der Waals surface area contributed by atoms with Crippen LogP contribution in [0.2, 0.25) is 5.02 Å². The first-order valence-electron chi connectivity index (χ1n) is 10.0. The number of halogens is 1. The lowest BCUT2D eigenvalue weighted by Gasteiger charge is -2.15. The van der Waals surface area contributed by atoms with E-state index in [1.165, 1.54) is 5.56 Å². The number of benzene rings is 2. The first kappa shape index (κ1) is 20.5. The monoisotopic (exact) mass is 394 g/mol. The number of carbonyl (C=O) groups is 2. The van der Waals surface area contributed by atoms with E-state index in [9.17, 15) is 9.59 Å². The summed E-state index contributed by atoms with van der Waals surface area (Å²) in [6.07, 6.45) is 6.94. The molecule has 2 aromatic rings. The summed E-state index contributed by atoms with van der Waals surface area (Å²) in [5, 5.41) is 0.665. The second-order valence-corrected chi connectivity index (χ2v) is 8.19. The molecule has 0 aromatic heterocycles. The maximum Gasteiger partial charge on any atom is 0.155 e. The van der Waals surface area contributed by atoms with Crippen molar-refractivity contribution in [3.63, 3.8) is 0 Å². The highest BCUT2D eigenvalue weighted by Gasteiger charge is 2.58. The third-order valence-electron chi connectivity index (χ3n) is 5.89. The van der Waals surface area contributed by atoms with Crippen LogP contribution in [0.5, 0.6) is 0 Å². The van der Waals surface area contributed by atoms with Gasteiger partial charge in [0.25, 0.3) is 0 Å². The maximum atomic E-state index is 12.6. The van der Waals surface area contributed by atoms with E-state index < -0.39 is 0 Å². The predicted octanol–water partition coefficient (Wildman–Crippen LogP) is 6.55. The highest BCUT2D eigenvalue weighted by atomic mass is 35.5. The molecule has 28 heavy (non-hydrogen) atoms. The highest BCUT2D eigenvalue weighted by Crippen LogP contribution is 2.63. The van der Waals surface area contributed by atoms with Gasteiger partial charge in [-0.2, -0.15) is 0 Å². The second-order valence-electron chi connectivity index (χ2n) is 7.75. The van der Waals surface area contributed by atoms with Crippen LogP contribution in [0.4, 0.5) is 0 Å². The Bertz CT molecular complexity index is 885. The van der Waals surface area contributed by atoms with Crippen LogP contribution in [0, 0.1) is 12.3 Å². The average molecular weight is 395 g/mol. The van der Waals surface area contributed by atoms with Gasteiger partial charge in [-0.1, -0.05) is 61.0 Å². The van der Waals surface area contributed by atoms with Gasteiger partial charge in [0.2, 0.25) is 0 Å². The molecule has 2 nitrogen and oxygen atoms in total. The zero-order valence-electron chi connectivity index (χ0n) is 16.6. The summed E-state index contributed by atoms with van der Waals surface area (Å²) >= 11 is 6.03. The number of aryl methyl sites for hydroxylation is 1. The first-order valence-corrected chi connectivity index (χ1v) is 10.4. The van der Waals surface area contributed by atoms with E-state index in [0.29, 0.717) is 29.6 Å². The van der Waals surface area contributed by atoms with Crippen molar-refractivity contribution >= 4 is 29.2 Å². The van der Waals surface area contributed by atoms with Crippen LogP contribution in [0.1, 0.15) is 61.6 Å². The average Bonchev–Trinajstić information content (AvgIpc) is 3.44. The minimum atomic E-state index is -0.260. The normalized spacial score (nSPS) is 21.0. The van der Waals surface area contributed by atoms with Gasteiger partial charge < -0.3 is 0 Å². The Morgan fingerprint density at radius 2 is 1.93 bits per heavy atom. The van der Waals surface area contributed by atoms with Crippen LogP contribution < -0.4 is 0 Å². The molecule has 1 saturated carbocycles. The predicted molar refractivity (Wildman–Crippen MR) is 116 cm³/mol. The van der Waals surface area contributed by atoms with Crippen molar-refractivity contribution in [1.29, 1.82) is 0 Å². The van der Waals surface area contributed by atoms with Crippen LogP contribution in [0.3, 0.4) is 0 Å². The molecule has 0 saturated heterocycles. The number of ketones is 2. The molecule has 1 unspecified atom stereocenters. The van der Waals surface area contributed by atoms with Crippen molar-refractivity contribution in [3.05, 3.63) is 76.3 Å². The molecule has 3 rings (SSSR count). The lowest BCUT2D eigenvalue weighted by molar-refractivity contribution is -0.124. The number of hydrogen-bond acceptors (Lipinski definition) is 2. The van der Waals surface area contributed by atoms with Crippen LogP contribution in [-0.4, -0.2) is 11.6 Å². The fourth-order valence-corrected chi connectivity index (χ4v) is 4.32. The zero-order valence-corrected chi connectivity index (χ0v) is 17.3. The fraction of sp³-hybridized carbons (Fsp3) is 0.360. The topological polar surface area (TPSA) is 34.1 Å². The summed E-state index contributed by atoms with van der Waals surface area (Å²) in [4.78, 5) is 24.9. The van der Waals surface area contributed by atoms with Gasteiger partial charge in [-0.05, 0) is 67.0 Å². The fourth-order valence-electron chi connectivity index (χ4n) is 4.14. The van der Waals surface area contributed by atoms with Gasteiger partial charge in [0.05, 0.1) is 0 Å². The first-order chi connectivity index (χ1) is 13.5. The molecule has 0 radical (unpaired) electrons. The molecule has 2 aromatic carbocycles. The Labute approximate surface area is 172 Å². The number of hydrogen-bond donors (Lipinski definition) is 0. The second kappa shape index (κ2) is 8.87. The summed E-state index contributed by atoms with van der Waals surface area (Å²) in [7, 11) is 0. The van der Waals surface area contributed by atoms with Crippen molar-refractivity contribution < 1.29 is 9.59 Å². The minimum absolute atomic E-state index is 0.0929. The van der Waals surface area contributed by atoms with E-state index in [1.54, 1.807) is 6.08 Å². The third kappa shape index (κ3) is 4.62. The molecule has 0 aliphatic heterocycles. The number of rotatable bonds is 9. The Balaban J connectivity index is 1.58. The van der Waals surface area contributed by atoms with Gasteiger partial charge in [-0.15, -0.1) is 0 Å². The van der Waals surface area contributed by atoms with E-state index in [4.69, 9.17) is 11.6 Å². The standard InChI is InChI=1S/C25H27ClO2/c1-3-24(28)25(17-23(25)19-8-5-4-6-9-19)15-7-10-22(27)14-12-20-16-21(26)13-11-18(20)2/h4-6,8-9,11-14,16,23H,3,7,10,15,17H2,1-2H3/b14-12+/t23-,25?/m0/s1. The van der Waals surface area contributed by atoms with Crippen LogP contribution in [0.25, 0.3) is 6.08 Å². The summed E-state index contributed by atoms with van der Waals surface area (Å²) in [5.74, 6) is 0.732. The van der Waals surface area contributed by atoms with Gasteiger partial charge in [0, 0.05) is 23.3 Å². The summed E-state index contributed by atoms with van der Waals surface area (Å²) < 4.78 is 0. The minimum Gasteiger partial charge on any atom is -0.299 e. The lowest BCUT2D eigenvalue weighted by atomic mass is 9.87. The molecule has 0 amide bonds. The molecule has 0 spiro atoms. The van der Waals surface area contributed by atoms with Crippen molar-refractivity contribution in [2.75, 3.05) is 0 Å². The van der Waals surface area contributed by atoms with Gasteiger partial charge in [0.1, 0.15) is 5.78 Å². The number of carbonyl (C=O) groups excluding carboxylic acids is 2. The summed E-state index contributed by atoms with van der Waals surface area (Å²) in [5.41, 5.74) is 3.03. The molecule has 146 valence electrons. The smallest absolute Gasteiger partial charge is 0.155 e. The van der Waals surface area contributed by atoms with Gasteiger partial charge in [0.15, 0.2) is 5.78 Å². The molecule has 0 bridgehead atoms. The maximum absolute atomic E-state index is 12.6. The SMILES string of the molecule is CCC(=O)C1(CCCC(=O)/C=C/c2cc(Cl)ccc2C)C[C@H]1c1ccccc1. The lowest BCUT2D eigenvalue weighted by Crippen LogP contribution is -2.17. The van der Waals surface area contributed by atoms with E-state index in [2.05, 4.69) is 12.1 Å². The third-order valence-corrected chi connectivity index (χ3v) is 6.12. The molecule has 1 aliphatic rings. The highest BCUT2D eigenvalue weighted by molar-refractivity contribution is 6.30. The Morgan fingerprint density at radius 3 is 2.64 bits per heavy atom. The molecule has 2 atom stereocenters. The van der Waals surface area contributed by atoms with E-state index in [1.807, 2.05) is 56.3 Å². The molecule has 1 aliphatic carbocycles. The molecular formula is C25H27ClO2. The van der Waals surface area contributed by atoms with E-state index in [0.717, 1.165) is 30.4 Å². The quantitative estimate of drug-likeness (QED) is 0.451. The van der Waals surface area contributed by atoms with Crippen LogP contribution in [-0.2, 0) is 9.59 Å². The molecule has 0 N–H and O–H groups in total. The van der Waals surface area contributed by atoms with E-state index >= 15 is 0 Å². The number of allylic oxidation sites excluding steroid dienone is 1. The van der Waals surface area contributed by atoms with Gasteiger partial charge >= 0.3 is 0 Å². The van der Waals surface area contributed by atoms with Crippen molar-refractivity contribution in [3.8, 4) is 0 Å². The van der Waals surface area contributed by atoms with E-state index in [-0.39, 0.29) is 11.2 Å². The van der Waals surface area contributed by atoms with Crippen LogP contribution in [0.15, 0.2) is 54.6 Å². The van der Waals surface area contributed by atoms with Crippen molar-refractivity contribution in [2.45, 2.75) is 51.9 Å². The summed E-state index contributed by atoms with van der Waals surface area (Å²) in [6.45, 7) is 3.93. The molecule has 0 heterocycles. The molecular weight excluding hydrogens is 368 g/mol.